The molecule has 10 heteroatoms. The predicted molar refractivity (Wildman–Crippen MR) is 106 cm³/mol. The summed E-state index contributed by atoms with van der Waals surface area (Å²) in [5, 5.41) is 58.8. The minimum Gasteiger partial charge on any atom is -0.508 e. The van der Waals surface area contributed by atoms with E-state index in [-0.39, 0.29) is 28.2 Å². The number of hydrogen-bond donors (Lipinski definition) is 6. The highest BCUT2D eigenvalue weighted by molar-refractivity contribution is 5.86. The molecule has 2 aromatic carbocycles. The fourth-order valence-corrected chi connectivity index (χ4v) is 3.38. The maximum atomic E-state index is 12.5. The molecule has 4 rings (SSSR count). The lowest BCUT2D eigenvalue weighted by Crippen LogP contribution is -2.60. The van der Waals surface area contributed by atoms with Crippen molar-refractivity contribution >= 4 is 11.0 Å². The molecule has 1 fully saturated rings. The van der Waals surface area contributed by atoms with Gasteiger partial charge < -0.3 is 44.5 Å². The highest BCUT2D eigenvalue weighted by Crippen LogP contribution is 2.33. The molecule has 1 aliphatic rings. The number of phenolic OH excluding ortho intramolecular Hbond substituents is 2. The average molecular weight is 432 g/mol. The Morgan fingerprint density at radius 3 is 2.32 bits per heavy atom. The third-order valence-corrected chi connectivity index (χ3v) is 5.04. The van der Waals surface area contributed by atoms with Gasteiger partial charge in [0.05, 0.1) is 6.61 Å². The van der Waals surface area contributed by atoms with Crippen molar-refractivity contribution in [1.82, 2.24) is 0 Å². The number of benzene rings is 2. The van der Waals surface area contributed by atoms with E-state index in [9.17, 15) is 35.4 Å². The van der Waals surface area contributed by atoms with Crippen LogP contribution in [0.5, 0.6) is 17.2 Å². The maximum Gasteiger partial charge on any atom is 0.229 e. The van der Waals surface area contributed by atoms with Gasteiger partial charge in [-0.3, -0.25) is 4.79 Å². The second-order valence-electron chi connectivity index (χ2n) is 7.15. The van der Waals surface area contributed by atoms with Crippen LogP contribution >= 0.6 is 0 Å². The Balaban J connectivity index is 1.71. The molecular weight excluding hydrogens is 412 g/mol. The summed E-state index contributed by atoms with van der Waals surface area (Å²) in [6, 6.07) is 9.56. The van der Waals surface area contributed by atoms with Gasteiger partial charge in [-0.2, -0.15) is 0 Å². The summed E-state index contributed by atoms with van der Waals surface area (Å²) < 4.78 is 16.5. The van der Waals surface area contributed by atoms with Gasteiger partial charge in [-0.15, -0.1) is 0 Å². The van der Waals surface area contributed by atoms with Crippen molar-refractivity contribution in [3.63, 3.8) is 0 Å². The zero-order chi connectivity index (χ0) is 22.3. The number of aromatic hydroxyl groups is 2. The number of hydrogen-bond acceptors (Lipinski definition) is 10. The Bertz CT molecular complexity index is 1140. The number of ether oxygens (including phenoxy) is 2. The Morgan fingerprint density at radius 1 is 0.935 bits per heavy atom. The molecule has 0 bridgehead atoms. The Kier molecular flexibility index (Phi) is 5.56. The molecule has 31 heavy (non-hydrogen) atoms. The Morgan fingerprint density at radius 2 is 1.65 bits per heavy atom. The summed E-state index contributed by atoms with van der Waals surface area (Å²) in [6.07, 6.45) is -7.47. The van der Waals surface area contributed by atoms with Crippen LogP contribution in [0.1, 0.15) is 0 Å². The number of phenols is 2. The molecule has 1 aliphatic heterocycles. The molecule has 1 saturated heterocycles. The number of rotatable bonds is 4. The molecule has 0 saturated carbocycles. The standard InChI is InChI=1S/C21H20O10/c22-8-16-18(26)19(27)20(28)21(31-16)29-11-5-12(24)17-13(25)7-14(30-15(17)6-11)9-1-3-10(23)4-2-9/h1-7,16,18-24,26-28H,8H2/t16-,18-,19+,20-,21-/m0/s1. The zero-order valence-electron chi connectivity index (χ0n) is 16.0. The van der Waals surface area contributed by atoms with Crippen LogP contribution in [0.3, 0.4) is 0 Å². The van der Waals surface area contributed by atoms with Crippen LogP contribution in [0.4, 0.5) is 0 Å². The zero-order valence-corrected chi connectivity index (χ0v) is 16.0. The van der Waals surface area contributed by atoms with Gasteiger partial charge >= 0.3 is 0 Å². The van der Waals surface area contributed by atoms with E-state index in [4.69, 9.17) is 13.9 Å². The molecule has 1 aromatic heterocycles. The maximum absolute atomic E-state index is 12.5. The molecule has 5 atom stereocenters. The molecule has 0 amide bonds. The summed E-state index contributed by atoms with van der Waals surface area (Å²) in [5.74, 6) is -0.273. The van der Waals surface area contributed by atoms with E-state index in [2.05, 4.69) is 0 Å². The number of fused-ring (bicyclic) bond motifs is 1. The quantitative estimate of drug-likeness (QED) is 0.331. The fraction of sp³-hybridized carbons (Fsp3) is 0.286. The summed E-state index contributed by atoms with van der Waals surface area (Å²) >= 11 is 0. The lowest BCUT2D eigenvalue weighted by Gasteiger charge is -2.39. The first kappa shape index (κ1) is 21.1. The normalized spacial score (nSPS) is 26.1. The molecule has 6 N–H and O–H groups in total. The SMILES string of the molecule is O=c1cc(-c2ccc(O)cc2)oc2cc(O[C@H]3O[C@@H](CO)[C@H](O)[C@@H](O)[C@@H]3O)cc(O)c12. The highest BCUT2D eigenvalue weighted by Gasteiger charge is 2.44. The minimum absolute atomic E-state index is 0.0184. The number of aliphatic hydroxyl groups excluding tert-OH is 4. The predicted octanol–water partition coefficient (Wildman–Crippen LogP) is 0.0499. The molecule has 0 unspecified atom stereocenters. The molecule has 0 aliphatic carbocycles. The molecule has 3 aromatic rings. The van der Waals surface area contributed by atoms with Crippen molar-refractivity contribution in [2.75, 3.05) is 6.61 Å². The summed E-state index contributed by atoms with van der Waals surface area (Å²) in [6.45, 7) is -0.626. The van der Waals surface area contributed by atoms with E-state index < -0.39 is 48.5 Å². The Labute approximate surface area is 174 Å². The van der Waals surface area contributed by atoms with Crippen LogP contribution < -0.4 is 10.2 Å². The van der Waals surface area contributed by atoms with Crippen LogP contribution in [-0.4, -0.2) is 68.0 Å². The van der Waals surface area contributed by atoms with Crippen molar-refractivity contribution < 1.29 is 44.5 Å². The molecule has 164 valence electrons. The van der Waals surface area contributed by atoms with Crippen molar-refractivity contribution in [3.05, 3.63) is 52.7 Å². The van der Waals surface area contributed by atoms with Gasteiger partial charge in [0.2, 0.25) is 6.29 Å². The van der Waals surface area contributed by atoms with E-state index >= 15 is 0 Å². The number of aliphatic hydroxyl groups is 4. The van der Waals surface area contributed by atoms with Crippen LogP contribution in [0, 0.1) is 0 Å². The minimum atomic E-state index is -1.65. The van der Waals surface area contributed by atoms with Gasteiger partial charge in [-0.1, -0.05) is 0 Å². The molecule has 0 spiro atoms. The lowest BCUT2D eigenvalue weighted by atomic mass is 9.99. The Hall–Kier alpha value is -3.15. The molecular formula is C21H20O10. The van der Waals surface area contributed by atoms with Gasteiger partial charge in [-0.05, 0) is 24.3 Å². The monoisotopic (exact) mass is 432 g/mol. The second kappa shape index (κ2) is 8.17. The van der Waals surface area contributed by atoms with Crippen LogP contribution in [-0.2, 0) is 4.74 Å². The highest BCUT2D eigenvalue weighted by atomic mass is 16.7. The first-order valence-electron chi connectivity index (χ1n) is 9.36. The first-order chi connectivity index (χ1) is 14.8. The lowest BCUT2D eigenvalue weighted by molar-refractivity contribution is -0.277. The third-order valence-electron chi connectivity index (χ3n) is 5.04. The molecule has 2 heterocycles. The summed E-state index contributed by atoms with van der Waals surface area (Å²) in [7, 11) is 0. The average Bonchev–Trinajstić information content (AvgIpc) is 2.74. The van der Waals surface area contributed by atoms with Crippen molar-refractivity contribution in [1.29, 1.82) is 0 Å². The first-order valence-corrected chi connectivity index (χ1v) is 9.36. The van der Waals surface area contributed by atoms with E-state index in [1.54, 1.807) is 12.1 Å². The third kappa shape index (κ3) is 3.94. The van der Waals surface area contributed by atoms with Gasteiger partial charge in [0.25, 0.3) is 0 Å². The van der Waals surface area contributed by atoms with Crippen molar-refractivity contribution in [2.24, 2.45) is 0 Å². The van der Waals surface area contributed by atoms with E-state index in [0.29, 0.717) is 5.56 Å². The van der Waals surface area contributed by atoms with Gasteiger partial charge in [0, 0.05) is 23.8 Å². The molecule has 10 nitrogen and oxygen atoms in total. The fourth-order valence-electron chi connectivity index (χ4n) is 3.38. The van der Waals surface area contributed by atoms with Crippen molar-refractivity contribution in [2.45, 2.75) is 30.7 Å². The second-order valence-corrected chi connectivity index (χ2v) is 7.15. The van der Waals surface area contributed by atoms with Gasteiger partial charge in [-0.25, -0.2) is 0 Å². The van der Waals surface area contributed by atoms with Crippen LogP contribution in [0.15, 0.2) is 51.7 Å². The summed E-state index contributed by atoms with van der Waals surface area (Å²) in [4.78, 5) is 12.5. The smallest absolute Gasteiger partial charge is 0.229 e. The van der Waals surface area contributed by atoms with E-state index in [0.717, 1.165) is 6.07 Å². The van der Waals surface area contributed by atoms with Crippen LogP contribution in [0.2, 0.25) is 0 Å². The topological polar surface area (TPSA) is 170 Å². The van der Waals surface area contributed by atoms with Crippen molar-refractivity contribution in [3.8, 4) is 28.6 Å². The van der Waals surface area contributed by atoms with Gasteiger partial charge in [0.1, 0.15) is 58.4 Å². The van der Waals surface area contributed by atoms with Crippen LogP contribution in [0.25, 0.3) is 22.3 Å². The molecule has 0 radical (unpaired) electrons. The van der Waals surface area contributed by atoms with E-state index in [1.807, 2.05) is 0 Å². The largest absolute Gasteiger partial charge is 0.508 e. The van der Waals surface area contributed by atoms with E-state index in [1.165, 1.54) is 24.3 Å². The summed E-state index contributed by atoms with van der Waals surface area (Å²) in [5.41, 5.74) is -0.0204. The van der Waals surface area contributed by atoms with Gasteiger partial charge in [0.15, 0.2) is 5.43 Å².